The first-order valence-corrected chi connectivity index (χ1v) is 6.64. The molecule has 2 saturated heterocycles. The quantitative estimate of drug-likeness (QED) is 0.803. The number of amides is 1. The van der Waals surface area contributed by atoms with Crippen LogP contribution in [0.5, 0.6) is 0 Å². The van der Waals surface area contributed by atoms with E-state index in [9.17, 15) is 9.59 Å². The molecule has 0 radical (unpaired) electrons. The first-order valence-electron chi connectivity index (χ1n) is 6.64. The standard InChI is InChI=1S/C13H21NO4/c1-8-5-10(13(16)17)3-4-14(8)12(15)11-6-9(2)18-7-11/h8-11H,3-7H2,1-2H3,(H,16,17). The number of ether oxygens (including phenoxy) is 1. The van der Waals surface area contributed by atoms with E-state index in [1.54, 1.807) is 0 Å². The number of rotatable bonds is 2. The maximum Gasteiger partial charge on any atom is 0.306 e. The maximum absolute atomic E-state index is 12.3. The van der Waals surface area contributed by atoms with Crippen molar-refractivity contribution in [1.29, 1.82) is 0 Å². The number of carboxylic acid groups (broad SMARTS) is 1. The summed E-state index contributed by atoms with van der Waals surface area (Å²) in [6.45, 7) is 4.98. The monoisotopic (exact) mass is 255 g/mol. The Labute approximate surface area is 107 Å². The van der Waals surface area contributed by atoms with Gasteiger partial charge in [-0.1, -0.05) is 0 Å². The van der Waals surface area contributed by atoms with E-state index < -0.39 is 5.97 Å². The summed E-state index contributed by atoms with van der Waals surface area (Å²) in [5.41, 5.74) is 0. The number of hydrogen-bond acceptors (Lipinski definition) is 3. The van der Waals surface area contributed by atoms with Gasteiger partial charge in [0.15, 0.2) is 0 Å². The molecule has 2 rings (SSSR count). The van der Waals surface area contributed by atoms with Crippen LogP contribution in [0.1, 0.15) is 33.1 Å². The largest absolute Gasteiger partial charge is 0.481 e. The van der Waals surface area contributed by atoms with Gasteiger partial charge in [0.05, 0.1) is 24.5 Å². The summed E-state index contributed by atoms with van der Waals surface area (Å²) in [4.78, 5) is 25.1. The fourth-order valence-electron chi connectivity index (χ4n) is 2.95. The van der Waals surface area contributed by atoms with Crippen LogP contribution in [0.3, 0.4) is 0 Å². The zero-order valence-corrected chi connectivity index (χ0v) is 11.0. The minimum absolute atomic E-state index is 0.0169. The summed E-state index contributed by atoms with van der Waals surface area (Å²) in [6.07, 6.45) is 2.06. The molecule has 0 saturated carbocycles. The van der Waals surface area contributed by atoms with E-state index in [1.807, 2.05) is 18.7 Å². The third kappa shape index (κ3) is 2.66. The fourth-order valence-corrected chi connectivity index (χ4v) is 2.95. The van der Waals surface area contributed by atoms with E-state index in [1.165, 1.54) is 0 Å². The normalized spacial score (nSPS) is 36.7. The summed E-state index contributed by atoms with van der Waals surface area (Å²) >= 11 is 0. The molecule has 5 heteroatoms. The van der Waals surface area contributed by atoms with Crippen LogP contribution >= 0.6 is 0 Å². The lowest BCUT2D eigenvalue weighted by Crippen LogP contribution is -2.48. The Hall–Kier alpha value is -1.10. The Bertz CT molecular complexity index is 344. The third-order valence-corrected chi connectivity index (χ3v) is 4.06. The van der Waals surface area contributed by atoms with Gasteiger partial charge in [-0.05, 0) is 33.1 Å². The lowest BCUT2D eigenvalue weighted by Gasteiger charge is -2.37. The molecule has 2 fully saturated rings. The Morgan fingerprint density at radius 1 is 1.22 bits per heavy atom. The molecule has 18 heavy (non-hydrogen) atoms. The zero-order valence-electron chi connectivity index (χ0n) is 11.0. The van der Waals surface area contributed by atoms with Crippen molar-refractivity contribution in [3.8, 4) is 0 Å². The molecule has 2 aliphatic rings. The van der Waals surface area contributed by atoms with E-state index in [0.717, 1.165) is 6.42 Å². The van der Waals surface area contributed by atoms with Crippen molar-refractivity contribution < 1.29 is 19.4 Å². The molecule has 2 aliphatic heterocycles. The molecule has 4 unspecified atom stereocenters. The summed E-state index contributed by atoms with van der Waals surface area (Å²) in [7, 11) is 0. The molecule has 4 atom stereocenters. The zero-order chi connectivity index (χ0) is 13.3. The van der Waals surface area contributed by atoms with E-state index in [2.05, 4.69) is 0 Å². The highest BCUT2D eigenvalue weighted by Gasteiger charge is 2.37. The van der Waals surface area contributed by atoms with Gasteiger partial charge in [0.25, 0.3) is 0 Å². The highest BCUT2D eigenvalue weighted by molar-refractivity contribution is 5.80. The van der Waals surface area contributed by atoms with Gasteiger partial charge in [-0.25, -0.2) is 0 Å². The number of carbonyl (C=O) groups is 2. The molecule has 0 aromatic rings. The van der Waals surface area contributed by atoms with Crippen LogP contribution in [0, 0.1) is 11.8 Å². The van der Waals surface area contributed by atoms with Gasteiger partial charge >= 0.3 is 5.97 Å². The van der Waals surface area contributed by atoms with Crippen molar-refractivity contribution in [2.75, 3.05) is 13.2 Å². The van der Waals surface area contributed by atoms with Gasteiger partial charge < -0.3 is 14.7 Å². The highest BCUT2D eigenvalue weighted by atomic mass is 16.5. The Kier molecular flexibility index (Phi) is 3.90. The van der Waals surface area contributed by atoms with Crippen molar-refractivity contribution in [2.24, 2.45) is 11.8 Å². The van der Waals surface area contributed by atoms with Crippen molar-refractivity contribution >= 4 is 11.9 Å². The number of aliphatic carboxylic acids is 1. The molecule has 102 valence electrons. The van der Waals surface area contributed by atoms with Gasteiger partial charge in [-0.3, -0.25) is 9.59 Å². The molecule has 5 nitrogen and oxygen atoms in total. The topological polar surface area (TPSA) is 66.8 Å². The molecule has 1 N–H and O–H groups in total. The smallest absolute Gasteiger partial charge is 0.306 e. The van der Waals surface area contributed by atoms with Gasteiger partial charge in [0.2, 0.25) is 5.91 Å². The number of likely N-dealkylation sites (tertiary alicyclic amines) is 1. The molecule has 0 spiro atoms. The lowest BCUT2D eigenvalue weighted by atomic mass is 9.90. The fraction of sp³-hybridized carbons (Fsp3) is 0.846. The lowest BCUT2D eigenvalue weighted by molar-refractivity contribution is -0.148. The molecular weight excluding hydrogens is 234 g/mol. The van der Waals surface area contributed by atoms with Crippen LogP contribution in [0.2, 0.25) is 0 Å². The van der Waals surface area contributed by atoms with Crippen LogP contribution in [0.4, 0.5) is 0 Å². The van der Waals surface area contributed by atoms with Crippen molar-refractivity contribution in [3.05, 3.63) is 0 Å². The number of carbonyl (C=O) groups excluding carboxylic acids is 1. The SMILES string of the molecule is CC1CC(C(=O)N2CCC(C(=O)O)CC2C)CO1. The minimum atomic E-state index is -0.744. The maximum atomic E-state index is 12.3. The van der Waals surface area contributed by atoms with Crippen molar-refractivity contribution in [1.82, 2.24) is 4.90 Å². The summed E-state index contributed by atoms with van der Waals surface area (Å²) in [6, 6.07) is 0.0169. The predicted molar refractivity (Wildman–Crippen MR) is 65.1 cm³/mol. The van der Waals surface area contributed by atoms with Crippen LogP contribution in [0.15, 0.2) is 0 Å². The molecule has 0 aliphatic carbocycles. The van der Waals surface area contributed by atoms with E-state index >= 15 is 0 Å². The molecular formula is C13H21NO4. The van der Waals surface area contributed by atoms with E-state index in [0.29, 0.717) is 26.0 Å². The second-order valence-electron chi connectivity index (χ2n) is 5.52. The Balaban J connectivity index is 1.94. The first-order chi connectivity index (χ1) is 8.49. The summed E-state index contributed by atoms with van der Waals surface area (Å²) in [5.74, 6) is -0.950. The van der Waals surface area contributed by atoms with Gasteiger partial charge in [0, 0.05) is 12.6 Å². The minimum Gasteiger partial charge on any atom is -0.481 e. The summed E-state index contributed by atoms with van der Waals surface area (Å²) < 4.78 is 5.43. The van der Waals surface area contributed by atoms with E-state index in [4.69, 9.17) is 9.84 Å². The average Bonchev–Trinajstić information content (AvgIpc) is 2.74. The van der Waals surface area contributed by atoms with Crippen molar-refractivity contribution in [3.63, 3.8) is 0 Å². The van der Waals surface area contributed by atoms with Crippen LogP contribution in [-0.2, 0) is 14.3 Å². The molecule has 0 aromatic heterocycles. The van der Waals surface area contributed by atoms with Gasteiger partial charge in [-0.15, -0.1) is 0 Å². The third-order valence-electron chi connectivity index (χ3n) is 4.06. The Morgan fingerprint density at radius 2 is 1.94 bits per heavy atom. The van der Waals surface area contributed by atoms with Gasteiger partial charge in [-0.2, -0.15) is 0 Å². The van der Waals surface area contributed by atoms with Crippen LogP contribution in [-0.4, -0.2) is 47.2 Å². The number of hydrogen-bond donors (Lipinski definition) is 1. The van der Waals surface area contributed by atoms with Crippen molar-refractivity contribution in [2.45, 2.75) is 45.3 Å². The molecule has 0 aromatic carbocycles. The van der Waals surface area contributed by atoms with Crippen LogP contribution in [0.25, 0.3) is 0 Å². The highest BCUT2D eigenvalue weighted by Crippen LogP contribution is 2.27. The Morgan fingerprint density at radius 3 is 2.44 bits per heavy atom. The number of nitrogens with zero attached hydrogens (tertiary/aromatic N) is 1. The first kappa shape index (κ1) is 13.3. The second kappa shape index (κ2) is 5.26. The van der Waals surface area contributed by atoms with E-state index in [-0.39, 0.29) is 29.9 Å². The number of piperidine rings is 1. The second-order valence-corrected chi connectivity index (χ2v) is 5.52. The predicted octanol–water partition coefficient (Wildman–Crippen LogP) is 1.12. The average molecular weight is 255 g/mol. The summed E-state index contributed by atoms with van der Waals surface area (Å²) in [5, 5.41) is 9.00. The number of carboxylic acids is 1. The van der Waals surface area contributed by atoms with Gasteiger partial charge in [0.1, 0.15) is 0 Å². The van der Waals surface area contributed by atoms with Crippen LogP contribution < -0.4 is 0 Å². The molecule has 2 heterocycles. The molecule has 1 amide bonds. The molecule has 0 bridgehead atoms.